The van der Waals surface area contributed by atoms with Crippen LogP contribution in [-0.4, -0.2) is 121 Å². The Kier molecular flexibility index (Phi) is 12.5. The van der Waals surface area contributed by atoms with Crippen molar-refractivity contribution in [2.45, 2.75) is 9.79 Å². The molecule has 24 heteroatoms. The minimum atomic E-state index is -5.26. The molecule has 4 N–H and O–H groups in total. The number of methoxy groups -OCH3 is 2. The summed E-state index contributed by atoms with van der Waals surface area (Å²) in [5.41, 5.74) is -0.354. The van der Waals surface area contributed by atoms with Crippen LogP contribution in [0.25, 0.3) is 0 Å². The summed E-state index contributed by atoms with van der Waals surface area (Å²) >= 11 is 0. The summed E-state index contributed by atoms with van der Waals surface area (Å²) in [6.07, 6.45) is 0. The number of hydrogen-bond donors (Lipinski definition) is 4. The molecule has 1 aliphatic heterocycles. The number of carbonyl (C=O) groups is 1. The van der Waals surface area contributed by atoms with Gasteiger partial charge in [-0.1, -0.05) is 18.2 Å². The Labute approximate surface area is 303 Å². The van der Waals surface area contributed by atoms with E-state index in [-0.39, 0.29) is 59.1 Å². The zero-order valence-electron chi connectivity index (χ0n) is 22.1. The maximum atomic E-state index is 13.1. The van der Waals surface area contributed by atoms with Crippen LogP contribution in [0.4, 0.5) is 28.4 Å². The van der Waals surface area contributed by atoms with Crippen LogP contribution in [-0.2, 0) is 25.0 Å². The zero-order chi connectivity index (χ0) is 32.6. The molecule has 1 aliphatic rings. The van der Waals surface area contributed by atoms with Crippen LogP contribution >= 0.6 is 0 Å². The number of amidine groups is 1. The fourth-order valence-electron chi connectivity index (χ4n) is 3.87. The van der Waals surface area contributed by atoms with Gasteiger partial charge in [0.15, 0.2) is 21.3 Å². The molecule has 0 bridgehead atoms. The molecule has 0 unspecified atom stereocenters. The topological polar surface area (TPSA) is 273 Å². The first-order valence-corrected chi connectivity index (χ1v) is 14.4. The Morgan fingerprint density at radius 3 is 1.74 bits per heavy atom. The number of nitrogens with one attached hydrogen (secondary N) is 2. The number of hydrazone groups is 1. The quantitative estimate of drug-likeness (QED) is 0.0964. The van der Waals surface area contributed by atoms with Crippen molar-refractivity contribution >= 4 is 120 Å². The van der Waals surface area contributed by atoms with E-state index in [2.05, 4.69) is 15.8 Å². The van der Waals surface area contributed by atoms with Crippen molar-refractivity contribution in [1.82, 2.24) is 5.43 Å². The number of amides is 1. The summed E-state index contributed by atoms with van der Waals surface area (Å²) in [4.78, 5) is 31.6. The van der Waals surface area contributed by atoms with Gasteiger partial charge in [0.05, 0.1) is 36.2 Å². The van der Waals surface area contributed by atoms with Gasteiger partial charge in [0.1, 0.15) is 11.4 Å². The molecule has 1 amide bonds. The number of carbonyl (C=O) groups excluding carboxylic acids is 1. The first kappa shape index (κ1) is 38.6. The number of nitrogens with zero attached hydrogens (tertiary/aromatic N) is 5. The number of para-hydroxylation sites is 1. The first-order valence-electron chi connectivity index (χ1n) is 11.6. The number of nitro benzene ring substituents is 2. The van der Waals surface area contributed by atoms with Crippen molar-refractivity contribution in [2.75, 3.05) is 29.8 Å². The van der Waals surface area contributed by atoms with Gasteiger partial charge in [-0.05, 0) is 24.3 Å². The molecule has 20 nitrogen and oxygen atoms in total. The summed E-state index contributed by atoms with van der Waals surface area (Å²) in [5, 5.41) is 31.1. The van der Waals surface area contributed by atoms with E-state index in [1.807, 2.05) is 0 Å². The number of nitro groups is 2. The van der Waals surface area contributed by atoms with Crippen LogP contribution in [0.3, 0.4) is 0 Å². The van der Waals surface area contributed by atoms with Crippen molar-refractivity contribution in [2.24, 2.45) is 5.10 Å². The molecule has 0 fully saturated rings. The van der Waals surface area contributed by atoms with Gasteiger partial charge in [-0.25, -0.2) is 0 Å². The SMILES string of the molecule is COc1cc([N+](=O)[O-])c(S(=O)(=O)O)cc1N1N=C(C(=O)Nc2ccccc2)NN1c1cc(S(=O)(=O)O)c([N+](=O)[O-])cc1OC.[NaH].[NaH]. The number of anilines is 3. The Hall–Kier alpha value is -3.58. The normalized spacial score (nSPS) is 12.6. The molecule has 0 saturated carbocycles. The van der Waals surface area contributed by atoms with Gasteiger partial charge in [-0.15, -0.1) is 10.2 Å². The molecule has 236 valence electrons. The van der Waals surface area contributed by atoms with Crippen LogP contribution in [0.1, 0.15) is 0 Å². The molecule has 0 radical (unpaired) electrons. The molecule has 0 spiro atoms. The summed E-state index contributed by atoms with van der Waals surface area (Å²) in [6, 6.07) is 10.4. The summed E-state index contributed by atoms with van der Waals surface area (Å²) < 4.78 is 78.2. The molecule has 3 aromatic rings. The fraction of sp³-hybridized carbons (Fsp3) is 0.0909. The third-order valence-electron chi connectivity index (χ3n) is 5.76. The summed E-state index contributed by atoms with van der Waals surface area (Å²) in [7, 11) is -8.44. The van der Waals surface area contributed by atoms with Crippen molar-refractivity contribution in [3.63, 3.8) is 0 Å². The molecule has 4 rings (SSSR count). The van der Waals surface area contributed by atoms with E-state index in [1.165, 1.54) is 12.1 Å². The number of hydrogen-bond acceptors (Lipinski definition) is 15. The van der Waals surface area contributed by atoms with E-state index in [1.54, 1.807) is 18.2 Å². The third-order valence-corrected chi connectivity index (χ3v) is 7.52. The fourth-order valence-corrected chi connectivity index (χ4v) is 5.18. The van der Waals surface area contributed by atoms with E-state index < -0.39 is 85.9 Å². The average molecular weight is 702 g/mol. The molecule has 0 atom stereocenters. The van der Waals surface area contributed by atoms with Gasteiger partial charge in [0.2, 0.25) is 5.84 Å². The Morgan fingerprint density at radius 2 is 1.30 bits per heavy atom. The second-order valence-electron chi connectivity index (χ2n) is 8.43. The predicted molar refractivity (Wildman–Crippen MR) is 164 cm³/mol. The molecule has 46 heavy (non-hydrogen) atoms. The summed E-state index contributed by atoms with van der Waals surface area (Å²) in [6.45, 7) is 0. The molecule has 3 aromatic carbocycles. The van der Waals surface area contributed by atoms with Gasteiger partial charge in [-0.3, -0.25) is 39.6 Å². The van der Waals surface area contributed by atoms with Gasteiger partial charge in [0, 0.05) is 5.69 Å². The van der Waals surface area contributed by atoms with E-state index in [4.69, 9.17) is 9.47 Å². The van der Waals surface area contributed by atoms with Crippen molar-refractivity contribution < 1.29 is 50.1 Å². The molecule has 0 saturated heterocycles. The zero-order valence-corrected chi connectivity index (χ0v) is 23.8. The van der Waals surface area contributed by atoms with Crippen LogP contribution in [0, 0.1) is 20.2 Å². The number of hydrazine groups is 2. The number of rotatable bonds is 10. The predicted octanol–water partition coefficient (Wildman–Crippen LogP) is 0.415. The van der Waals surface area contributed by atoms with Crippen LogP contribution in [0.15, 0.2) is 69.5 Å². The first-order chi connectivity index (χ1) is 20.6. The van der Waals surface area contributed by atoms with E-state index in [0.29, 0.717) is 35.1 Å². The van der Waals surface area contributed by atoms with Crippen LogP contribution in [0.5, 0.6) is 11.5 Å². The second-order valence-corrected chi connectivity index (χ2v) is 11.2. The van der Waals surface area contributed by atoms with E-state index in [9.17, 15) is 51.0 Å². The van der Waals surface area contributed by atoms with Crippen molar-refractivity contribution in [3.05, 3.63) is 74.8 Å². The van der Waals surface area contributed by atoms with Crippen molar-refractivity contribution in [1.29, 1.82) is 0 Å². The maximum absolute atomic E-state index is 13.1. The van der Waals surface area contributed by atoms with Gasteiger partial charge in [0.25, 0.3) is 17.3 Å². The van der Waals surface area contributed by atoms with Crippen LogP contribution < -0.4 is 30.5 Å². The third kappa shape index (κ3) is 8.03. The molecular formula is C22H21N7Na2O13S2. The summed E-state index contributed by atoms with van der Waals surface area (Å²) in [5.74, 6) is -2.36. The Bertz CT molecular complexity index is 1950. The molecular weight excluding hydrogens is 680 g/mol. The van der Waals surface area contributed by atoms with E-state index in [0.717, 1.165) is 19.3 Å². The monoisotopic (exact) mass is 701 g/mol. The Morgan fingerprint density at radius 1 is 0.848 bits per heavy atom. The van der Waals surface area contributed by atoms with Crippen molar-refractivity contribution in [3.8, 4) is 11.5 Å². The standard InChI is InChI=1S/C22H19N7O13S2.2Na.2H/c1-41-17-8-15(28(31)32)19(43(35,36)37)10-13(17)26-24-21(22(30)23-12-6-4-3-5-7-12)25-27(26)14-11-20(44(38,39)40)16(29(33)34)9-18(14)42-2;;;;/h3-11H,1-2H3,(H,23,30)(H,24,25)(H,35,36,37)(H,38,39,40);;;;. The average Bonchev–Trinajstić information content (AvgIpc) is 3.40. The molecule has 0 aliphatic carbocycles. The number of benzene rings is 3. The number of ether oxygens (including phenoxy) is 2. The molecule has 1 heterocycles. The van der Waals surface area contributed by atoms with Gasteiger partial charge < -0.3 is 14.8 Å². The Balaban J connectivity index is 0.00000368. The molecule has 0 aromatic heterocycles. The van der Waals surface area contributed by atoms with Gasteiger partial charge >= 0.3 is 79.4 Å². The minimum absolute atomic E-state index is 0. The van der Waals surface area contributed by atoms with E-state index >= 15 is 0 Å². The second kappa shape index (κ2) is 14.9. The van der Waals surface area contributed by atoms with Crippen LogP contribution in [0.2, 0.25) is 0 Å². The van der Waals surface area contributed by atoms with Gasteiger partial charge in [-0.2, -0.15) is 22.0 Å².